The molecule has 1 fully saturated rings. The van der Waals surface area contributed by atoms with Crippen LogP contribution >= 0.6 is 11.8 Å². The molecule has 1 aromatic rings. The lowest BCUT2D eigenvalue weighted by Crippen LogP contribution is -2.41. The number of aromatic nitrogens is 2. The molecule has 0 amide bonds. The van der Waals surface area contributed by atoms with Gasteiger partial charge < -0.3 is 9.57 Å². The number of hydrogen-bond acceptors (Lipinski definition) is 8. The summed E-state index contributed by atoms with van der Waals surface area (Å²) in [7, 11) is 1.25. The summed E-state index contributed by atoms with van der Waals surface area (Å²) in [5, 5.41) is 4.50. The maximum absolute atomic E-state index is 12.4. The molecule has 1 aromatic heterocycles. The minimum Gasteiger partial charge on any atom is -0.468 e. The molecule has 12 heteroatoms. The van der Waals surface area contributed by atoms with Crippen molar-refractivity contribution in [2.24, 2.45) is 0 Å². The van der Waals surface area contributed by atoms with Crippen LogP contribution in [0.3, 0.4) is 0 Å². The van der Waals surface area contributed by atoms with Gasteiger partial charge in [0, 0.05) is 30.5 Å². The molecule has 1 aliphatic rings. The summed E-state index contributed by atoms with van der Waals surface area (Å²) in [6, 6.07) is 0. The molecule has 8 nitrogen and oxygen atoms in total. The fourth-order valence-corrected chi connectivity index (χ4v) is 3.42. The first-order valence-corrected chi connectivity index (χ1v) is 8.97. The zero-order chi connectivity index (χ0) is 20.9. The standard InChI is InChI=1S/C16H18F3N3O5S/c1-10(23)28-13-3-4-22(27-15(25)16(17,18)19)8-12(13)5-11-6-20-21(7-11)9-14(24)26-2/h5-7,13H,3-4,8-9H2,1-2H3/b12-5+. The smallest absolute Gasteiger partial charge is 0.468 e. The Morgan fingerprint density at radius 3 is 2.71 bits per heavy atom. The Hall–Kier alpha value is -2.34. The third-order valence-corrected chi connectivity index (χ3v) is 4.84. The van der Waals surface area contributed by atoms with Gasteiger partial charge in [0.15, 0.2) is 5.12 Å². The fraction of sp³-hybridized carbons (Fsp3) is 0.500. The highest BCUT2D eigenvalue weighted by atomic mass is 32.2. The third kappa shape index (κ3) is 6.37. The number of esters is 1. The topological polar surface area (TPSA) is 90.7 Å². The fourth-order valence-electron chi connectivity index (χ4n) is 2.50. The number of rotatable bonds is 5. The predicted octanol–water partition coefficient (Wildman–Crippen LogP) is 1.81. The van der Waals surface area contributed by atoms with Gasteiger partial charge in [-0.15, -0.1) is 5.06 Å². The summed E-state index contributed by atoms with van der Waals surface area (Å²) >= 11 is 1.05. The quantitative estimate of drug-likeness (QED) is 0.665. The van der Waals surface area contributed by atoms with Crippen molar-refractivity contribution in [3.8, 4) is 0 Å². The number of ether oxygens (including phenoxy) is 1. The molecule has 0 N–H and O–H groups in total. The van der Waals surface area contributed by atoms with Crippen molar-refractivity contribution >= 4 is 34.9 Å². The average molecular weight is 421 g/mol. The second-order valence-corrected chi connectivity index (χ2v) is 7.27. The molecule has 2 heterocycles. The van der Waals surface area contributed by atoms with Crippen molar-refractivity contribution in [2.45, 2.75) is 31.3 Å². The van der Waals surface area contributed by atoms with Crippen LogP contribution in [0.2, 0.25) is 0 Å². The molecule has 2 rings (SSSR count). The number of alkyl halides is 3. The van der Waals surface area contributed by atoms with E-state index in [1.165, 1.54) is 24.9 Å². The molecule has 154 valence electrons. The summed E-state index contributed by atoms with van der Waals surface area (Å²) in [6.45, 7) is 1.27. The summed E-state index contributed by atoms with van der Waals surface area (Å²) < 4.78 is 43.2. The molecule has 1 aliphatic heterocycles. The van der Waals surface area contributed by atoms with Gasteiger partial charge in [0.2, 0.25) is 0 Å². The van der Waals surface area contributed by atoms with E-state index in [1.54, 1.807) is 12.3 Å². The molecule has 1 unspecified atom stereocenters. The lowest BCUT2D eigenvalue weighted by molar-refractivity contribution is -0.238. The second-order valence-electron chi connectivity index (χ2n) is 5.89. The monoisotopic (exact) mass is 421 g/mol. The summed E-state index contributed by atoms with van der Waals surface area (Å²) in [5.41, 5.74) is 1.18. The van der Waals surface area contributed by atoms with Gasteiger partial charge in [0.1, 0.15) is 6.54 Å². The highest BCUT2D eigenvalue weighted by molar-refractivity contribution is 8.14. The Bertz CT molecular complexity index is 778. The third-order valence-electron chi connectivity index (χ3n) is 3.69. The van der Waals surface area contributed by atoms with E-state index in [0.29, 0.717) is 17.6 Å². The lowest BCUT2D eigenvalue weighted by atomic mass is 10.0. The van der Waals surface area contributed by atoms with E-state index in [2.05, 4.69) is 14.7 Å². The Morgan fingerprint density at radius 1 is 1.39 bits per heavy atom. The number of methoxy groups -OCH3 is 1. The van der Waals surface area contributed by atoms with Crippen molar-refractivity contribution in [1.29, 1.82) is 0 Å². The van der Waals surface area contributed by atoms with Crippen LogP contribution in [0.5, 0.6) is 0 Å². The van der Waals surface area contributed by atoms with E-state index in [-0.39, 0.29) is 30.0 Å². The molecule has 0 bridgehead atoms. The van der Waals surface area contributed by atoms with Crippen LogP contribution in [0, 0.1) is 0 Å². The van der Waals surface area contributed by atoms with Crippen LogP contribution in [0.15, 0.2) is 18.0 Å². The molecule has 1 atom stereocenters. The van der Waals surface area contributed by atoms with E-state index >= 15 is 0 Å². The first-order chi connectivity index (χ1) is 13.1. The van der Waals surface area contributed by atoms with E-state index in [4.69, 9.17) is 0 Å². The Labute approximate surface area is 162 Å². The van der Waals surface area contributed by atoms with E-state index in [1.807, 2.05) is 0 Å². The normalized spacial score (nSPS) is 19.5. The number of piperidine rings is 1. The molecule has 0 saturated carbocycles. The number of hydroxylamine groups is 2. The first kappa shape index (κ1) is 22.0. The van der Waals surface area contributed by atoms with Gasteiger partial charge in [-0.3, -0.25) is 14.3 Å². The van der Waals surface area contributed by atoms with Crippen LogP contribution < -0.4 is 0 Å². The van der Waals surface area contributed by atoms with E-state index in [9.17, 15) is 27.6 Å². The maximum atomic E-state index is 12.4. The Morgan fingerprint density at radius 2 is 2.11 bits per heavy atom. The molecule has 0 aliphatic carbocycles. The van der Waals surface area contributed by atoms with Crippen LogP contribution in [-0.2, 0) is 30.5 Å². The zero-order valence-corrected chi connectivity index (χ0v) is 15.9. The number of nitrogens with zero attached hydrogens (tertiary/aromatic N) is 3. The van der Waals surface area contributed by atoms with Crippen LogP contribution in [-0.4, -0.2) is 63.5 Å². The summed E-state index contributed by atoms with van der Waals surface area (Å²) in [6.07, 6.45) is -0.109. The van der Waals surface area contributed by atoms with Crippen molar-refractivity contribution in [3.05, 3.63) is 23.5 Å². The minimum absolute atomic E-state index is 0.0612. The van der Waals surface area contributed by atoms with Gasteiger partial charge >= 0.3 is 18.1 Å². The second kappa shape index (κ2) is 9.24. The SMILES string of the molecule is COC(=O)Cn1cc(/C=C2\CN(OC(=O)C(F)(F)F)CCC2SC(C)=O)cn1. The molecular formula is C16H18F3N3O5S. The number of halogens is 3. The van der Waals surface area contributed by atoms with Gasteiger partial charge in [-0.05, 0) is 12.0 Å². The number of carbonyl (C=O) groups is 3. The highest BCUT2D eigenvalue weighted by Gasteiger charge is 2.43. The first-order valence-electron chi connectivity index (χ1n) is 8.09. The average Bonchev–Trinajstić information content (AvgIpc) is 3.02. The van der Waals surface area contributed by atoms with Crippen LogP contribution in [0.1, 0.15) is 18.9 Å². The van der Waals surface area contributed by atoms with E-state index in [0.717, 1.165) is 16.8 Å². The largest absolute Gasteiger partial charge is 0.492 e. The molecule has 0 aromatic carbocycles. The molecule has 28 heavy (non-hydrogen) atoms. The van der Waals surface area contributed by atoms with Crippen molar-refractivity contribution in [2.75, 3.05) is 20.2 Å². The van der Waals surface area contributed by atoms with E-state index < -0.39 is 18.1 Å². The maximum Gasteiger partial charge on any atom is 0.492 e. The number of thioether (sulfide) groups is 1. The van der Waals surface area contributed by atoms with Gasteiger partial charge in [0.05, 0.1) is 19.9 Å². The predicted molar refractivity (Wildman–Crippen MR) is 92.6 cm³/mol. The van der Waals surface area contributed by atoms with Crippen LogP contribution in [0.25, 0.3) is 6.08 Å². The molecule has 0 spiro atoms. The van der Waals surface area contributed by atoms with Crippen molar-refractivity contribution in [3.63, 3.8) is 0 Å². The van der Waals surface area contributed by atoms with Gasteiger partial charge in [-0.2, -0.15) is 18.3 Å². The van der Waals surface area contributed by atoms with Gasteiger partial charge in [-0.25, -0.2) is 4.79 Å². The highest BCUT2D eigenvalue weighted by Crippen LogP contribution is 2.30. The van der Waals surface area contributed by atoms with Gasteiger partial charge in [0.25, 0.3) is 0 Å². The Kier molecular flexibility index (Phi) is 7.24. The van der Waals surface area contributed by atoms with Crippen LogP contribution in [0.4, 0.5) is 13.2 Å². The lowest BCUT2D eigenvalue weighted by Gasteiger charge is -2.32. The molecule has 1 saturated heterocycles. The van der Waals surface area contributed by atoms with Gasteiger partial charge in [-0.1, -0.05) is 17.8 Å². The minimum atomic E-state index is -5.09. The Balaban J connectivity index is 2.17. The summed E-state index contributed by atoms with van der Waals surface area (Å²) in [4.78, 5) is 38.2. The number of carbonyl (C=O) groups excluding carboxylic acids is 3. The zero-order valence-electron chi connectivity index (χ0n) is 15.1. The summed E-state index contributed by atoms with van der Waals surface area (Å²) in [5.74, 6) is -2.79. The van der Waals surface area contributed by atoms with Crippen molar-refractivity contribution < 1.29 is 37.1 Å². The molecular weight excluding hydrogens is 403 g/mol. The number of hydrogen-bond donors (Lipinski definition) is 0. The van der Waals surface area contributed by atoms with Crippen molar-refractivity contribution in [1.82, 2.24) is 14.8 Å². The molecule has 0 radical (unpaired) electrons.